The van der Waals surface area contributed by atoms with Crippen LogP contribution in [0.25, 0.3) is 0 Å². The van der Waals surface area contributed by atoms with Gasteiger partial charge in [-0.3, -0.25) is 14.5 Å². The number of hydrogen-bond donors (Lipinski definition) is 1. The van der Waals surface area contributed by atoms with E-state index in [1.807, 2.05) is 43.3 Å². The smallest absolute Gasteiger partial charge is 0.338 e. The Balaban J connectivity index is 1.64. The number of para-hydroxylation sites is 1. The molecule has 37 heavy (non-hydrogen) atoms. The number of aryl methyl sites for hydroxylation is 1. The number of anilines is 2. The van der Waals surface area contributed by atoms with Gasteiger partial charge < -0.3 is 10.1 Å². The van der Waals surface area contributed by atoms with Crippen molar-refractivity contribution in [1.82, 2.24) is 0 Å². The Kier molecular flexibility index (Phi) is 8.06. The van der Waals surface area contributed by atoms with Gasteiger partial charge in [-0.1, -0.05) is 59.8 Å². The number of benzene rings is 3. The molecule has 1 N–H and O–H groups in total. The molecule has 0 bridgehead atoms. The highest BCUT2D eigenvalue weighted by atomic mass is 32.2. The van der Waals surface area contributed by atoms with E-state index in [1.54, 1.807) is 43.3 Å². The fourth-order valence-corrected chi connectivity index (χ4v) is 5.26. The van der Waals surface area contributed by atoms with Crippen LogP contribution in [-0.2, 0) is 20.7 Å². The second-order valence-electron chi connectivity index (χ2n) is 8.35. The van der Waals surface area contributed by atoms with Crippen molar-refractivity contribution in [2.24, 2.45) is 0 Å². The second-order valence-corrected chi connectivity index (χ2v) is 9.54. The molecule has 3 aromatic carbocycles. The summed E-state index contributed by atoms with van der Waals surface area (Å²) in [5, 5.41) is 12.5. The van der Waals surface area contributed by atoms with Gasteiger partial charge in [-0.2, -0.15) is 5.26 Å². The van der Waals surface area contributed by atoms with Gasteiger partial charge >= 0.3 is 5.97 Å². The van der Waals surface area contributed by atoms with Crippen molar-refractivity contribution in [3.05, 3.63) is 106 Å². The Morgan fingerprint density at radius 1 is 1.05 bits per heavy atom. The third-order valence-electron chi connectivity index (χ3n) is 5.68. The van der Waals surface area contributed by atoms with Gasteiger partial charge in [0.25, 0.3) is 5.91 Å². The monoisotopic (exact) mass is 511 g/mol. The normalized spacial score (nSPS) is 16.2. The first-order valence-electron chi connectivity index (χ1n) is 11.8. The summed E-state index contributed by atoms with van der Waals surface area (Å²) in [6.07, 6.45) is 0.466. The first-order valence-corrected chi connectivity index (χ1v) is 12.6. The van der Waals surface area contributed by atoms with Gasteiger partial charge in [0, 0.05) is 11.4 Å². The number of nitrogens with zero attached hydrogens (tertiary/aromatic N) is 2. The van der Waals surface area contributed by atoms with Crippen molar-refractivity contribution in [2.45, 2.75) is 25.5 Å². The fourth-order valence-electron chi connectivity index (χ4n) is 3.95. The van der Waals surface area contributed by atoms with E-state index in [-0.39, 0.29) is 23.1 Å². The zero-order chi connectivity index (χ0) is 26.4. The van der Waals surface area contributed by atoms with E-state index in [0.717, 1.165) is 11.1 Å². The zero-order valence-corrected chi connectivity index (χ0v) is 21.2. The molecule has 2 amide bonds. The summed E-state index contributed by atoms with van der Waals surface area (Å²) in [4.78, 5) is 40.1. The van der Waals surface area contributed by atoms with Crippen LogP contribution in [0, 0.1) is 18.3 Å². The molecule has 1 fully saturated rings. The van der Waals surface area contributed by atoms with Gasteiger partial charge in [-0.05, 0) is 62.2 Å². The summed E-state index contributed by atoms with van der Waals surface area (Å²) in [5.74, 6) is -1.29. The number of rotatable bonds is 7. The highest BCUT2D eigenvalue weighted by Crippen LogP contribution is 2.42. The average molecular weight is 512 g/mol. The minimum absolute atomic E-state index is 0.164. The average Bonchev–Trinajstić information content (AvgIpc) is 3.20. The van der Waals surface area contributed by atoms with E-state index in [2.05, 4.69) is 5.32 Å². The summed E-state index contributed by atoms with van der Waals surface area (Å²) in [6, 6.07) is 25.1. The lowest BCUT2D eigenvalue weighted by atomic mass is 10.1. The number of nitrogens with one attached hydrogen (secondary N) is 1. The molecule has 3 aromatic rings. The Morgan fingerprint density at radius 3 is 2.43 bits per heavy atom. The predicted molar refractivity (Wildman–Crippen MR) is 144 cm³/mol. The van der Waals surface area contributed by atoms with Crippen molar-refractivity contribution in [1.29, 1.82) is 5.26 Å². The SMILES string of the molecule is CCOC(=O)c1ccc(NC(=O)/C(C#N)=C2\S[C@@H](Cc3cccc(C)c3)C(=O)N2c2ccccc2)cc1. The summed E-state index contributed by atoms with van der Waals surface area (Å²) in [6.45, 7) is 3.97. The first-order chi connectivity index (χ1) is 17.9. The third kappa shape index (κ3) is 5.90. The van der Waals surface area contributed by atoms with Crippen molar-refractivity contribution in [2.75, 3.05) is 16.8 Å². The van der Waals surface area contributed by atoms with Crippen LogP contribution in [0.5, 0.6) is 0 Å². The van der Waals surface area contributed by atoms with Gasteiger partial charge in [-0.15, -0.1) is 0 Å². The van der Waals surface area contributed by atoms with Crippen LogP contribution in [0.15, 0.2) is 89.5 Å². The maximum absolute atomic E-state index is 13.5. The molecular formula is C29H25N3O4S. The molecule has 1 aliphatic rings. The largest absolute Gasteiger partial charge is 0.462 e. The minimum atomic E-state index is -0.640. The van der Waals surface area contributed by atoms with Gasteiger partial charge in [0.1, 0.15) is 16.7 Å². The van der Waals surface area contributed by atoms with Crippen LogP contribution in [-0.4, -0.2) is 29.6 Å². The molecule has 0 saturated carbocycles. The summed E-state index contributed by atoms with van der Waals surface area (Å²) >= 11 is 1.22. The number of ether oxygens (including phenoxy) is 1. The van der Waals surface area contributed by atoms with E-state index in [1.165, 1.54) is 28.8 Å². The fraction of sp³-hybridized carbons (Fsp3) is 0.172. The van der Waals surface area contributed by atoms with Crippen LogP contribution in [0.4, 0.5) is 11.4 Å². The molecule has 0 aliphatic carbocycles. The van der Waals surface area contributed by atoms with Crippen LogP contribution < -0.4 is 10.2 Å². The topological polar surface area (TPSA) is 99.5 Å². The van der Waals surface area contributed by atoms with E-state index in [9.17, 15) is 19.6 Å². The lowest BCUT2D eigenvalue weighted by Crippen LogP contribution is -2.30. The number of carbonyl (C=O) groups excluding carboxylic acids is 3. The minimum Gasteiger partial charge on any atom is -0.462 e. The number of esters is 1. The first kappa shape index (κ1) is 25.7. The Morgan fingerprint density at radius 2 is 1.78 bits per heavy atom. The number of amides is 2. The zero-order valence-electron chi connectivity index (χ0n) is 20.4. The lowest BCUT2D eigenvalue weighted by molar-refractivity contribution is -0.117. The molecule has 1 aliphatic heterocycles. The van der Waals surface area contributed by atoms with Crippen molar-refractivity contribution in [3.8, 4) is 6.07 Å². The molecule has 1 saturated heterocycles. The predicted octanol–water partition coefficient (Wildman–Crippen LogP) is 5.24. The summed E-state index contributed by atoms with van der Waals surface area (Å²) < 4.78 is 4.98. The molecule has 186 valence electrons. The molecule has 0 spiro atoms. The molecule has 7 nitrogen and oxygen atoms in total. The maximum Gasteiger partial charge on any atom is 0.338 e. The second kappa shape index (κ2) is 11.6. The lowest BCUT2D eigenvalue weighted by Gasteiger charge is -2.18. The van der Waals surface area contributed by atoms with Gasteiger partial charge in [-0.25, -0.2) is 4.79 Å². The van der Waals surface area contributed by atoms with Crippen LogP contribution in [0.1, 0.15) is 28.4 Å². The Bertz CT molecular complexity index is 1390. The summed E-state index contributed by atoms with van der Waals surface area (Å²) in [7, 11) is 0. The van der Waals surface area contributed by atoms with Gasteiger partial charge in [0.15, 0.2) is 0 Å². The maximum atomic E-state index is 13.5. The van der Waals surface area contributed by atoms with Crippen LogP contribution >= 0.6 is 11.8 Å². The van der Waals surface area contributed by atoms with Gasteiger partial charge in [0.05, 0.1) is 17.4 Å². The number of hydrogen-bond acceptors (Lipinski definition) is 6. The summed E-state index contributed by atoms with van der Waals surface area (Å²) in [5.41, 5.74) is 3.28. The van der Waals surface area contributed by atoms with E-state index < -0.39 is 17.1 Å². The van der Waals surface area contributed by atoms with E-state index in [0.29, 0.717) is 23.4 Å². The van der Waals surface area contributed by atoms with Crippen LogP contribution in [0.3, 0.4) is 0 Å². The van der Waals surface area contributed by atoms with Crippen molar-refractivity contribution in [3.63, 3.8) is 0 Å². The highest BCUT2D eigenvalue weighted by molar-refractivity contribution is 8.05. The highest BCUT2D eigenvalue weighted by Gasteiger charge is 2.40. The molecule has 0 unspecified atom stereocenters. The van der Waals surface area contributed by atoms with E-state index >= 15 is 0 Å². The molecule has 0 radical (unpaired) electrons. The standard InChI is InChI=1S/C29H25N3O4S/c1-3-36-29(35)21-12-14-22(15-13-21)31-26(33)24(18-30)28-32(23-10-5-4-6-11-23)27(34)25(37-28)17-20-9-7-8-19(2)16-20/h4-16,25H,3,17H2,1-2H3,(H,31,33)/b28-24-/t25-/m0/s1. The molecule has 1 heterocycles. The molecular weight excluding hydrogens is 486 g/mol. The molecule has 1 atom stereocenters. The molecule has 4 rings (SSSR count). The Labute approximate surface area is 219 Å². The molecule has 8 heteroatoms. The van der Waals surface area contributed by atoms with Crippen LogP contribution in [0.2, 0.25) is 0 Å². The number of thioether (sulfide) groups is 1. The van der Waals surface area contributed by atoms with Crippen molar-refractivity contribution < 1.29 is 19.1 Å². The van der Waals surface area contributed by atoms with Crippen molar-refractivity contribution >= 4 is 40.9 Å². The number of carbonyl (C=O) groups is 3. The van der Waals surface area contributed by atoms with E-state index in [4.69, 9.17) is 4.74 Å². The quantitative estimate of drug-likeness (QED) is 0.265. The number of nitriles is 1. The third-order valence-corrected chi connectivity index (χ3v) is 6.94. The van der Waals surface area contributed by atoms with Gasteiger partial charge in [0.2, 0.25) is 5.91 Å². The Hall–Kier alpha value is -4.35. The molecule has 0 aromatic heterocycles.